The van der Waals surface area contributed by atoms with Crippen LogP contribution in [-0.2, 0) is 16.9 Å². The van der Waals surface area contributed by atoms with Crippen LogP contribution in [0.1, 0.15) is 40.8 Å². The van der Waals surface area contributed by atoms with Gasteiger partial charge in [0.2, 0.25) is 12.4 Å². The predicted molar refractivity (Wildman–Crippen MR) is 121 cm³/mol. The van der Waals surface area contributed by atoms with Crippen LogP contribution in [-0.4, -0.2) is 23.6 Å². The highest BCUT2D eigenvalue weighted by Crippen LogP contribution is 2.53. The quantitative estimate of drug-likeness (QED) is 0.521. The van der Waals surface area contributed by atoms with Crippen molar-refractivity contribution in [2.24, 2.45) is 0 Å². The van der Waals surface area contributed by atoms with Crippen molar-refractivity contribution < 1.29 is 18.9 Å². The maximum Gasteiger partial charge on any atom is 0.265 e. The fraction of sp³-hybridized carbons (Fsp3) is 0.304. The lowest BCUT2D eigenvalue weighted by atomic mass is 9.85. The van der Waals surface area contributed by atoms with Gasteiger partial charge in [0, 0.05) is 34.2 Å². The molecule has 0 fully saturated rings. The van der Waals surface area contributed by atoms with Gasteiger partial charge >= 0.3 is 0 Å². The lowest BCUT2D eigenvalue weighted by Gasteiger charge is -2.41. The van der Waals surface area contributed by atoms with Crippen LogP contribution in [0.2, 0.25) is 0 Å². The van der Waals surface area contributed by atoms with Gasteiger partial charge in [0.1, 0.15) is 12.4 Å². The Morgan fingerprint density at radius 1 is 1.10 bits per heavy atom. The Morgan fingerprint density at radius 2 is 1.90 bits per heavy atom. The van der Waals surface area contributed by atoms with E-state index in [0.29, 0.717) is 35.7 Å². The highest BCUT2D eigenvalue weighted by molar-refractivity contribution is 7.80. The van der Waals surface area contributed by atoms with Gasteiger partial charge in [-0.05, 0) is 24.4 Å². The van der Waals surface area contributed by atoms with Gasteiger partial charge in [-0.2, -0.15) is 0 Å². The average Bonchev–Trinajstić information content (AvgIpc) is 3.49. The van der Waals surface area contributed by atoms with Crippen LogP contribution in [0.15, 0.2) is 42.6 Å². The number of ether oxygens (including phenoxy) is 4. The first-order valence-corrected chi connectivity index (χ1v) is 11.4. The van der Waals surface area contributed by atoms with Crippen LogP contribution < -0.4 is 19.1 Å². The monoisotopic (exact) mass is 452 g/mol. The summed E-state index contributed by atoms with van der Waals surface area (Å²) in [5.41, 5.74) is 2.14. The number of fused-ring (bicyclic) bond motifs is 5. The lowest BCUT2D eigenvalue weighted by Crippen LogP contribution is -2.47. The van der Waals surface area contributed by atoms with E-state index in [2.05, 4.69) is 31.0 Å². The van der Waals surface area contributed by atoms with E-state index in [1.807, 2.05) is 35.4 Å². The lowest BCUT2D eigenvalue weighted by molar-refractivity contribution is 0.0653. The number of hydrogen-bond acceptors (Lipinski definition) is 7. The van der Waals surface area contributed by atoms with Crippen molar-refractivity contribution in [3.8, 4) is 17.2 Å². The van der Waals surface area contributed by atoms with Gasteiger partial charge in [-0.3, -0.25) is 4.90 Å². The molecule has 1 spiro atoms. The summed E-state index contributed by atoms with van der Waals surface area (Å²) < 4.78 is 23.7. The van der Waals surface area contributed by atoms with E-state index in [0.717, 1.165) is 32.4 Å². The molecule has 0 radical (unpaired) electrons. The third-order valence-electron chi connectivity index (χ3n) is 5.83. The Balaban J connectivity index is 1.43. The summed E-state index contributed by atoms with van der Waals surface area (Å²) in [6, 6.07) is 12.0. The van der Waals surface area contributed by atoms with E-state index in [4.69, 9.17) is 31.2 Å². The molecule has 158 valence electrons. The Labute approximate surface area is 189 Å². The molecule has 0 aliphatic carbocycles. The molecule has 0 bridgehead atoms. The Bertz CT molecular complexity index is 1210. The van der Waals surface area contributed by atoms with Gasteiger partial charge in [-0.1, -0.05) is 32.0 Å². The van der Waals surface area contributed by atoms with Gasteiger partial charge in [0.05, 0.1) is 17.2 Å². The van der Waals surface area contributed by atoms with E-state index in [1.165, 1.54) is 0 Å². The van der Waals surface area contributed by atoms with Crippen molar-refractivity contribution in [2.75, 3.05) is 18.3 Å². The normalized spacial score (nSPS) is 20.6. The summed E-state index contributed by atoms with van der Waals surface area (Å²) in [5, 5.41) is 1.55. The second-order valence-electron chi connectivity index (χ2n) is 8.11. The zero-order valence-electron chi connectivity index (χ0n) is 17.1. The maximum atomic E-state index is 6.51. The SMILES string of the molecule is CC(C)c1ncc(CN2C(=S)OC3(COc4cc5c(cc43)OCO5)c3ccccc32)s1. The van der Waals surface area contributed by atoms with Crippen LogP contribution in [0.3, 0.4) is 0 Å². The van der Waals surface area contributed by atoms with Crippen LogP contribution in [0.4, 0.5) is 5.69 Å². The Hall–Kier alpha value is -2.84. The molecule has 8 heteroatoms. The fourth-order valence-electron chi connectivity index (χ4n) is 4.30. The number of thiazole rings is 1. The second kappa shape index (κ2) is 6.83. The van der Waals surface area contributed by atoms with Crippen molar-refractivity contribution in [3.63, 3.8) is 0 Å². The Kier molecular flexibility index (Phi) is 4.16. The highest BCUT2D eigenvalue weighted by atomic mass is 32.1. The molecular weight excluding hydrogens is 432 g/mol. The van der Waals surface area contributed by atoms with Crippen LogP contribution in [0.5, 0.6) is 17.2 Å². The maximum absolute atomic E-state index is 6.51. The number of anilines is 1. The van der Waals surface area contributed by atoms with Crippen molar-refractivity contribution in [2.45, 2.75) is 31.9 Å². The molecule has 2 aromatic carbocycles. The molecule has 0 amide bonds. The van der Waals surface area contributed by atoms with E-state index in [9.17, 15) is 0 Å². The van der Waals surface area contributed by atoms with E-state index >= 15 is 0 Å². The van der Waals surface area contributed by atoms with Crippen LogP contribution in [0.25, 0.3) is 0 Å². The number of para-hydroxylation sites is 1. The summed E-state index contributed by atoms with van der Waals surface area (Å²) >= 11 is 7.49. The molecule has 3 aliphatic rings. The molecule has 1 unspecified atom stereocenters. The number of hydrogen-bond donors (Lipinski definition) is 0. The first kappa shape index (κ1) is 18.9. The molecule has 3 aliphatic heterocycles. The second-order valence-corrected chi connectivity index (χ2v) is 9.60. The third kappa shape index (κ3) is 2.81. The molecule has 31 heavy (non-hydrogen) atoms. The van der Waals surface area contributed by atoms with Gasteiger partial charge in [-0.15, -0.1) is 11.3 Å². The molecular formula is C23H20N2O4S2. The minimum absolute atomic E-state index is 0.210. The standard InChI is InChI=1S/C23H20N2O4S2/c1-13(2)21-24-9-14(31-21)10-25-17-6-4-3-5-15(17)23(29-22(25)30)11-26-18-8-20-19(7-16(18)23)27-12-28-20/h3-9,13H,10-12H2,1-2H3. The minimum atomic E-state index is -0.808. The number of thiocarbonyl (C=S) groups is 1. The largest absolute Gasteiger partial charge is 0.488 e. The summed E-state index contributed by atoms with van der Waals surface area (Å²) in [4.78, 5) is 7.74. The van der Waals surface area contributed by atoms with Crippen LogP contribution in [0, 0.1) is 0 Å². The van der Waals surface area contributed by atoms with Crippen molar-refractivity contribution in [3.05, 3.63) is 63.6 Å². The molecule has 1 atom stereocenters. The predicted octanol–water partition coefficient (Wildman–Crippen LogP) is 4.95. The topological polar surface area (TPSA) is 53.1 Å². The molecule has 3 aromatic rings. The smallest absolute Gasteiger partial charge is 0.265 e. The summed E-state index contributed by atoms with van der Waals surface area (Å²) in [6.45, 7) is 5.47. The van der Waals surface area contributed by atoms with Crippen molar-refractivity contribution >= 4 is 34.4 Å². The first-order chi connectivity index (χ1) is 15.0. The molecule has 6 nitrogen and oxygen atoms in total. The van der Waals surface area contributed by atoms with E-state index < -0.39 is 5.60 Å². The summed E-state index contributed by atoms with van der Waals surface area (Å²) in [5.74, 6) is 2.53. The van der Waals surface area contributed by atoms with E-state index in [-0.39, 0.29) is 6.79 Å². The molecule has 0 saturated carbocycles. The van der Waals surface area contributed by atoms with Crippen molar-refractivity contribution in [1.82, 2.24) is 4.98 Å². The third-order valence-corrected chi connectivity index (χ3v) is 7.42. The van der Waals surface area contributed by atoms with Crippen molar-refractivity contribution in [1.29, 1.82) is 0 Å². The molecule has 4 heterocycles. The number of rotatable bonds is 3. The minimum Gasteiger partial charge on any atom is -0.488 e. The fourth-order valence-corrected chi connectivity index (χ4v) is 5.51. The zero-order valence-corrected chi connectivity index (χ0v) is 18.7. The molecule has 0 N–H and O–H groups in total. The Morgan fingerprint density at radius 3 is 2.71 bits per heavy atom. The van der Waals surface area contributed by atoms with Gasteiger partial charge in [0.15, 0.2) is 11.5 Å². The van der Waals surface area contributed by atoms with Crippen LogP contribution >= 0.6 is 23.6 Å². The van der Waals surface area contributed by atoms with Gasteiger partial charge in [0.25, 0.3) is 5.17 Å². The average molecular weight is 453 g/mol. The first-order valence-electron chi connectivity index (χ1n) is 10.2. The van der Waals surface area contributed by atoms with Gasteiger partial charge < -0.3 is 18.9 Å². The zero-order chi connectivity index (χ0) is 21.2. The molecule has 0 saturated heterocycles. The van der Waals surface area contributed by atoms with Gasteiger partial charge in [-0.25, -0.2) is 4.98 Å². The van der Waals surface area contributed by atoms with E-state index in [1.54, 1.807) is 11.3 Å². The molecule has 1 aromatic heterocycles. The summed E-state index contributed by atoms with van der Waals surface area (Å²) in [7, 11) is 0. The molecule has 6 rings (SSSR count). The summed E-state index contributed by atoms with van der Waals surface area (Å²) in [6.07, 6.45) is 1.93. The number of benzene rings is 2. The number of aromatic nitrogens is 1. The number of nitrogens with zero attached hydrogens (tertiary/aromatic N) is 2. The highest BCUT2D eigenvalue weighted by Gasteiger charge is 2.51.